The average Bonchev–Trinajstić information content (AvgIpc) is 2.56. The van der Waals surface area contributed by atoms with Crippen LogP contribution in [-0.4, -0.2) is 18.6 Å². The van der Waals surface area contributed by atoms with Gasteiger partial charge in [-0.15, -0.1) is 0 Å². The molecule has 2 aromatic carbocycles. The van der Waals surface area contributed by atoms with Crippen molar-refractivity contribution in [3.05, 3.63) is 65.7 Å². The van der Waals surface area contributed by atoms with E-state index in [-0.39, 0.29) is 17.5 Å². The Balaban J connectivity index is 1.82. The lowest BCUT2D eigenvalue weighted by atomic mass is 10.1. The van der Waals surface area contributed by atoms with Crippen molar-refractivity contribution in [2.24, 2.45) is 0 Å². The maximum absolute atomic E-state index is 12.9. The molecule has 2 rings (SSSR count). The van der Waals surface area contributed by atoms with E-state index >= 15 is 0 Å². The molecule has 0 unspecified atom stereocenters. The average molecular weight is 319 g/mol. The second-order valence-electron chi connectivity index (χ2n) is 5.14. The van der Waals surface area contributed by atoms with Gasteiger partial charge in [0.2, 0.25) is 0 Å². The SMILES string of the molecule is CC[C@@H](Oc1ccc(F)cc1)C(=O)NCCc1ccc(F)cc1. The molecule has 0 aliphatic rings. The number of hydrogen-bond acceptors (Lipinski definition) is 2. The Kier molecular flexibility index (Phi) is 6.09. The van der Waals surface area contributed by atoms with Crippen molar-refractivity contribution in [3.63, 3.8) is 0 Å². The lowest BCUT2D eigenvalue weighted by Gasteiger charge is -2.17. The van der Waals surface area contributed by atoms with Gasteiger partial charge < -0.3 is 10.1 Å². The minimum atomic E-state index is -0.631. The zero-order chi connectivity index (χ0) is 16.7. The fourth-order valence-corrected chi connectivity index (χ4v) is 2.09. The minimum absolute atomic E-state index is 0.223. The molecule has 0 bridgehead atoms. The van der Waals surface area contributed by atoms with Gasteiger partial charge in [0.1, 0.15) is 17.4 Å². The summed E-state index contributed by atoms with van der Waals surface area (Å²) in [7, 11) is 0. The highest BCUT2D eigenvalue weighted by atomic mass is 19.1. The molecule has 0 aliphatic carbocycles. The molecule has 3 nitrogen and oxygen atoms in total. The summed E-state index contributed by atoms with van der Waals surface area (Å²) in [5.74, 6) is -0.406. The normalized spacial score (nSPS) is 11.8. The highest BCUT2D eigenvalue weighted by Crippen LogP contribution is 2.14. The first kappa shape index (κ1) is 16.9. The van der Waals surface area contributed by atoms with Gasteiger partial charge in [-0.3, -0.25) is 4.79 Å². The summed E-state index contributed by atoms with van der Waals surface area (Å²) in [4.78, 5) is 12.1. The Hall–Kier alpha value is -2.43. The standard InChI is InChI=1S/C18H19F2NO2/c1-2-17(23-16-9-7-15(20)8-10-16)18(22)21-12-11-13-3-5-14(19)6-4-13/h3-10,17H,2,11-12H2,1H3,(H,21,22)/t17-/m1/s1. The van der Waals surface area contributed by atoms with Crippen LogP contribution in [0.3, 0.4) is 0 Å². The number of ether oxygens (including phenoxy) is 1. The van der Waals surface area contributed by atoms with Crippen LogP contribution in [0.1, 0.15) is 18.9 Å². The van der Waals surface area contributed by atoms with Crippen molar-refractivity contribution in [1.82, 2.24) is 5.32 Å². The van der Waals surface area contributed by atoms with Crippen molar-refractivity contribution in [3.8, 4) is 5.75 Å². The van der Waals surface area contributed by atoms with Gasteiger partial charge in [0, 0.05) is 6.54 Å². The number of benzene rings is 2. The maximum Gasteiger partial charge on any atom is 0.261 e. The van der Waals surface area contributed by atoms with Crippen LogP contribution >= 0.6 is 0 Å². The largest absolute Gasteiger partial charge is 0.481 e. The maximum atomic E-state index is 12.9. The van der Waals surface area contributed by atoms with E-state index in [0.717, 1.165) is 5.56 Å². The second-order valence-corrected chi connectivity index (χ2v) is 5.14. The number of rotatable bonds is 7. The van der Waals surface area contributed by atoms with E-state index < -0.39 is 6.10 Å². The van der Waals surface area contributed by atoms with Gasteiger partial charge in [0.25, 0.3) is 5.91 Å². The summed E-state index contributed by atoms with van der Waals surface area (Å²) in [6.07, 6.45) is 0.479. The molecule has 5 heteroatoms. The van der Waals surface area contributed by atoms with Crippen LogP contribution in [0.15, 0.2) is 48.5 Å². The topological polar surface area (TPSA) is 38.3 Å². The van der Waals surface area contributed by atoms with Gasteiger partial charge in [0.15, 0.2) is 6.10 Å². The molecule has 23 heavy (non-hydrogen) atoms. The number of nitrogens with one attached hydrogen (secondary N) is 1. The van der Waals surface area contributed by atoms with Crippen molar-refractivity contribution < 1.29 is 18.3 Å². The summed E-state index contributed by atoms with van der Waals surface area (Å²) in [5, 5.41) is 2.80. The molecule has 0 heterocycles. The van der Waals surface area contributed by atoms with Gasteiger partial charge in [-0.2, -0.15) is 0 Å². The van der Waals surface area contributed by atoms with Crippen molar-refractivity contribution >= 4 is 5.91 Å². The third kappa shape index (κ3) is 5.36. The summed E-state index contributed by atoms with van der Waals surface area (Å²) in [6, 6.07) is 11.7. The monoisotopic (exact) mass is 319 g/mol. The molecule has 0 aliphatic heterocycles. The fourth-order valence-electron chi connectivity index (χ4n) is 2.09. The molecule has 0 saturated carbocycles. The van der Waals surface area contributed by atoms with Crippen LogP contribution in [0, 0.1) is 11.6 Å². The fraction of sp³-hybridized carbons (Fsp3) is 0.278. The summed E-state index contributed by atoms with van der Waals surface area (Å²) in [5.41, 5.74) is 0.944. The Morgan fingerprint density at radius 1 is 1.04 bits per heavy atom. The first-order chi connectivity index (χ1) is 11.1. The van der Waals surface area contributed by atoms with Crippen molar-refractivity contribution in [2.75, 3.05) is 6.54 Å². The number of amides is 1. The third-order valence-corrected chi connectivity index (χ3v) is 3.38. The number of halogens is 2. The predicted molar refractivity (Wildman–Crippen MR) is 84.2 cm³/mol. The van der Waals surface area contributed by atoms with Gasteiger partial charge in [-0.1, -0.05) is 19.1 Å². The number of carbonyl (C=O) groups excluding carboxylic acids is 1. The molecule has 1 amide bonds. The number of carbonyl (C=O) groups is 1. The minimum Gasteiger partial charge on any atom is -0.481 e. The molecular weight excluding hydrogens is 300 g/mol. The molecule has 0 fully saturated rings. The van der Waals surface area contributed by atoms with E-state index in [9.17, 15) is 13.6 Å². The molecular formula is C18H19F2NO2. The lowest BCUT2D eigenvalue weighted by Crippen LogP contribution is -2.38. The molecule has 122 valence electrons. The van der Waals surface area contributed by atoms with Crippen molar-refractivity contribution in [1.29, 1.82) is 0 Å². The van der Waals surface area contributed by atoms with Crippen LogP contribution < -0.4 is 10.1 Å². The summed E-state index contributed by atoms with van der Waals surface area (Å²) < 4.78 is 31.2. The van der Waals surface area contributed by atoms with E-state index in [4.69, 9.17) is 4.74 Å². The highest BCUT2D eigenvalue weighted by Gasteiger charge is 2.17. The van der Waals surface area contributed by atoms with Gasteiger partial charge in [0.05, 0.1) is 0 Å². The van der Waals surface area contributed by atoms with Gasteiger partial charge in [-0.25, -0.2) is 8.78 Å². The molecule has 0 aromatic heterocycles. The molecule has 2 aromatic rings. The van der Waals surface area contributed by atoms with Gasteiger partial charge >= 0.3 is 0 Å². The predicted octanol–water partition coefficient (Wildman–Crippen LogP) is 3.48. The quantitative estimate of drug-likeness (QED) is 0.848. The van der Waals surface area contributed by atoms with E-state index in [2.05, 4.69) is 5.32 Å². The molecule has 0 radical (unpaired) electrons. The molecule has 0 saturated heterocycles. The summed E-state index contributed by atoms with van der Waals surface area (Å²) in [6.45, 7) is 2.28. The zero-order valence-corrected chi connectivity index (χ0v) is 12.9. The lowest BCUT2D eigenvalue weighted by molar-refractivity contribution is -0.128. The Morgan fingerprint density at radius 2 is 1.61 bits per heavy atom. The Labute approximate surface area is 134 Å². The van der Waals surface area contributed by atoms with E-state index in [1.807, 2.05) is 6.92 Å². The van der Waals surface area contributed by atoms with Crippen molar-refractivity contribution in [2.45, 2.75) is 25.9 Å². The molecule has 1 atom stereocenters. The molecule has 0 spiro atoms. The van der Waals surface area contributed by atoms with Crippen LogP contribution in [0.2, 0.25) is 0 Å². The van der Waals surface area contributed by atoms with E-state index in [0.29, 0.717) is 25.1 Å². The summed E-state index contributed by atoms with van der Waals surface area (Å²) >= 11 is 0. The van der Waals surface area contributed by atoms with Crippen LogP contribution in [0.4, 0.5) is 8.78 Å². The van der Waals surface area contributed by atoms with E-state index in [1.54, 1.807) is 12.1 Å². The highest BCUT2D eigenvalue weighted by molar-refractivity contribution is 5.81. The first-order valence-corrected chi connectivity index (χ1v) is 7.53. The van der Waals surface area contributed by atoms with Gasteiger partial charge in [-0.05, 0) is 54.8 Å². The first-order valence-electron chi connectivity index (χ1n) is 7.53. The Bertz CT molecular complexity index is 626. The smallest absolute Gasteiger partial charge is 0.261 e. The van der Waals surface area contributed by atoms with Crippen LogP contribution in [-0.2, 0) is 11.2 Å². The number of hydrogen-bond donors (Lipinski definition) is 1. The van der Waals surface area contributed by atoms with Crippen LogP contribution in [0.25, 0.3) is 0 Å². The van der Waals surface area contributed by atoms with Crippen LogP contribution in [0.5, 0.6) is 5.75 Å². The third-order valence-electron chi connectivity index (χ3n) is 3.38. The zero-order valence-electron chi connectivity index (χ0n) is 12.9. The van der Waals surface area contributed by atoms with E-state index in [1.165, 1.54) is 36.4 Å². The Morgan fingerprint density at radius 3 is 2.17 bits per heavy atom. The second kappa shape index (κ2) is 8.27. The molecule has 1 N–H and O–H groups in total.